The quantitative estimate of drug-likeness (QED) is 0.370. The van der Waals surface area contributed by atoms with E-state index < -0.39 is 6.29 Å². The van der Waals surface area contributed by atoms with Gasteiger partial charge in [0.05, 0.1) is 30.7 Å². The molecule has 3 unspecified atom stereocenters. The minimum Gasteiger partial charge on any atom is -0.379 e. The summed E-state index contributed by atoms with van der Waals surface area (Å²) in [5.74, 6) is 0. The lowest BCUT2D eigenvalue weighted by Crippen LogP contribution is -2.79. The minimum absolute atomic E-state index is 0.0576. The van der Waals surface area contributed by atoms with Crippen LogP contribution < -0.4 is 5.43 Å². The van der Waals surface area contributed by atoms with E-state index in [9.17, 15) is 0 Å². The number of hydrogen-bond acceptors (Lipinski definition) is 5. The molecular formula is C9H14N2O3. The Bertz CT molecular complexity index is 304. The topological polar surface area (TPSA) is 65.0 Å². The van der Waals surface area contributed by atoms with Gasteiger partial charge in [-0.2, -0.15) is 0 Å². The molecule has 2 saturated heterocycles. The van der Waals surface area contributed by atoms with Gasteiger partial charge in [0.2, 0.25) is 0 Å². The van der Waals surface area contributed by atoms with Crippen molar-refractivity contribution in [3.05, 3.63) is 11.6 Å². The maximum absolute atomic E-state index is 9.12. The second-order valence-electron chi connectivity index (χ2n) is 4.19. The molecule has 78 valence electrons. The number of nitrogens with zero attached hydrogens (tertiary/aromatic N) is 1. The van der Waals surface area contributed by atoms with E-state index in [1.807, 2.05) is 18.1 Å². The van der Waals surface area contributed by atoms with Crippen LogP contribution in [0.4, 0.5) is 0 Å². The number of nitrogens with one attached hydrogen (secondary N) is 1. The van der Waals surface area contributed by atoms with Crippen LogP contribution in [-0.2, 0) is 4.74 Å². The van der Waals surface area contributed by atoms with Gasteiger partial charge in [-0.15, -0.1) is 0 Å². The van der Waals surface area contributed by atoms with Crippen LogP contribution in [0.25, 0.3) is 0 Å². The molecule has 0 bridgehead atoms. The summed E-state index contributed by atoms with van der Waals surface area (Å²) in [5, 5.41) is 20.3. The first-order chi connectivity index (χ1) is 6.70. The highest BCUT2D eigenvalue weighted by molar-refractivity contribution is 5.44. The summed E-state index contributed by atoms with van der Waals surface area (Å²) in [6.07, 6.45) is 0.636. The van der Waals surface area contributed by atoms with Gasteiger partial charge >= 0.3 is 0 Å². The van der Waals surface area contributed by atoms with Gasteiger partial charge in [0.1, 0.15) is 0 Å². The van der Waals surface area contributed by atoms with Gasteiger partial charge in [0.15, 0.2) is 6.29 Å². The molecule has 0 radical (unpaired) electrons. The van der Waals surface area contributed by atoms with Gasteiger partial charge in [0.25, 0.3) is 0 Å². The van der Waals surface area contributed by atoms with Crippen LogP contribution in [-0.4, -0.2) is 53.9 Å². The number of aliphatic hydroxyl groups is 2. The highest BCUT2D eigenvalue weighted by atomic mass is 16.5. The van der Waals surface area contributed by atoms with Crippen molar-refractivity contribution in [1.29, 1.82) is 0 Å². The summed E-state index contributed by atoms with van der Waals surface area (Å²) in [6, 6.07) is 0.472. The van der Waals surface area contributed by atoms with E-state index in [1.54, 1.807) is 0 Å². The summed E-state index contributed by atoms with van der Waals surface area (Å²) >= 11 is 0. The van der Waals surface area contributed by atoms with Crippen molar-refractivity contribution in [1.82, 2.24) is 10.4 Å². The van der Waals surface area contributed by atoms with Crippen molar-refractivity contribution in [2.75, 3.05) is 20.3 Å². The summed E-state index contributed by atoms with van der Waals surface area (Å²) in [7, 11) is 1.85. The molecule has 2 aliphatic heterocycles. The second-order valence-corrected chi connectivity index (χ2v) is 4.19. The third-order valence-corrected chi connectivity index (χ3v) is 3.68. The Morgan fingerprint density at radius 2 is 2.50 bits per heavy atom. The standard InChI is InChI=1S/C9H14N2O3/c1-10-11-6-3-14-4-9(6)2-5(7(9)11)8(12)13/h2,6-8,10,12-13H,3-4H2,1H3. The molecule has 3 N–H and O–H groups in total. The molecule has 3 rings (SSSR count). The maximum Gasteiger partial charge on any atom is 0.175 e. The third-order valence-electron chi connectivity index (χ3n) is 3.68. The molecule has 2 heterocycles. The first-order valence-electron chi connectivity index (χ1n) is 4.83. The van der Waals surface area contributed by atoms with Crippen LogP contribution in [0.5, 0.6) is 0 Å². The molecule has 0 amide bonds. The zero-order valence-electron chi connectivity index (χ0n) is 7.97. The van der Waals surface area contributed by atoms with Gasteiger partial charge in [-0.05, 0) is 7.05 Å². The molecule has 0 aromatic carbocycles. The van der Waals surface area contributed by atoms with Crippen molar-refractivity contribution >= 4 is 0 Å². The van der Waals surface area contributed by atoms with E-state index in [1.165, 1.54) is 0 Å². The van der Waals surface area contributed by atoms with E-state index in [2.05, 4.69) is 5.43 Å². The number of rotatable bonds is 2. The summed E-state index contributed by atoms with van der Waals surface area (Å²) < 4.78 is 5.43. The fourth-order valence-electron chi connectivity index (χ4n) is 3.04. The normalized spacial score (nSPS) is 45.3. The average Bonchev–Trinajstić information content (AvgIpc) is 2.52. The van der Waals surface area contributed by atoms with Crippen molar-refractivity contribution in [2.45, 2.75) is 18.4 Å². The summed E-state index contributed by atoms with van der Waals surface area (Å²) in [5.41, 5.74) is 3.83. The van der Waals surface area contributed by atoms with Crippen LogP contribution in [0.15, 0.2) is 11.6 Å². The lowest BCUT2D eigenvalue weighted by molar-refractivity contribution is -0.141. The predicted octanol–water partition coefficient (Wildman–Crippen LogP) is -1.56. The monoisotopic (exact) mass is 198 g/mol. The zero-order chi connectivity index (χ0) is 9.92. The average molecular weight is 198 g/mol. The van der Waals surface area contributed by atoms with E-state index in [0.717, 1.165) is 6.61 Å². The second kappa shape index (κ2) is 2.56. The van der Waals surface area contributed by atoms with Crippen molar-refractivity contribution < 1.29 is 14.9 Å². The van der Waals surface area contributed by atoms with Crippen LogP contribution in [0, 0.1) is 5.41 Å². The Hall–Kier alpha value is -0.460. The van der Waals surface area contributed by atoms with Gasteiger partial charge < -0.3 is 14.9 Å². The number of aliphatic hydroxyl groups excluding tert-OH is 1. The number of hydrazine groups is 1. The van der Waals surface area contributed by atoms with E-state index in [4.69, 9.17) is 14.9 Å². The van der Waals surface area contributed by atoms with Gasteiger partial charge in [0, 0.05) is 5.57 Å². The first kappa shape index (κ1) is 8.82. The highest BCUT2D eigenvalue weighted by Crippen LogP contribution is 2.58. The lowest BCUT2D eigenvalue weighted by Gasteiger charge is -2.64. The molecule has 1 aliphatic carbocycles. The van der Waals surface area contributed by atoms with Crippen LogP contribution >= 0.6 is 0 Å². The molecular weight excluding hydrogens is 184 g/mol. The first-order valence-corrected chi connectivity index (χ1v) is 4.83. The molecule has 1 spiro atoms. The fourth-order valence-corrected chi connectivity index (χ4v) is 3.04. The van der Waals surface area contributed by atoms with Gasteiger partial charge in [-0.3, -0.25) is 5.43 Å². The SMILES string of the molecule is CNN1C2COCC23C=C(C(O)O)C13. The van der Waals surface area contributed by atoms with Gasteiger partial charge in [-0.1, -0.05) is 6.08 Å². The molecule has 2 fully saturated rings. The number of hydrogen-bond donors (Lipinski definition) is 3. The molecule has 0 saturated carbocycles. The Kier molecular flexibility index (Phi) is 1.61. The molecule has 3 atom stereocenters. The van der Waals surface area contributed by atoms with Crippen LogP contribution in [0.2, 0.25) is 0 Å². The highest BCUT2D eigenvalue weighted by Gasteiger charge is 2.69. The van der Waals surface area contributed by atoms with E-state index in [-0.39, 0.29) is 11.5 Å². The van der Waals surface area contributed by atoms with Crippen molar-refractivity contribution in [3.63, 3.8) is 0 Å². The summed E-state index contributed by atoms with van der Waals surface area (Å²) in [6.45, 7) is 1.43. The maximum atomic E-state index is 9.12. The Labute approximate surface area is 81.9 Å². The van der Waals surface area contributed by atoms with Crippen LogP contribution in [0.3, 0.4) is 0 Å². The van der Waals surface area contributed by atoms with Gasteiger partial charge in [-0.25, -0.2) is 5.01 Å². The smallest absolute Gasteiger partial charge is 0.175 e. The Morgan fingerprint density at radius 1 is 1.71 bits per heavy atom. The van der Waals surface area contributed by atoms with E-state index >= 15 is 0 Å². The fraction of sp³-hybridized carbons (Fsp3) is 0.778. The Balaban J connectivity index is 1.91. The largest absolute Gasteiger partial charge is 0.379 e. The van der Waals surface area contributed by atoms with Crippen molar-refractivity contribution in [2.24, 2.45) is 5.41 Å². The number of ether oxygens (including phenoxy) is 1. The Morgan fingerprint density at radius 3 is 3.14 bits per heavy atom. The molecule has 14 heavy (non-hydrogen) atoms. The zero-order valence-corrected chi connectivity index (χ0v) is 7.97. The molecule has 5 heteroatoms. The molecule has 0 aromatic rings. The van der Waals surface area contributed by atoms with E-state index in [0.29, 0.717) is 18.2 Å². The minimum atomic E-state index is -1.33. The molecule has 3 aliphatic rings. The van der Waals surface area contributed by atoms with Crippen LogP contribution in [0.1, 0.15) is 0 Å². The lowest BCUT2D eigenvalue weighted by atomic mass is 9.56. The third kappa shape index (κ3) is 0.743. The van der Waals surface area contributed by atoms with Crippen molar-refractivity contribution in [3.8, 4) is 0 Å². The molecule has 5 nitrogen and oxygen atoms in total. The molecule has 0 aromatic heterocycles. The predicted molar refractivity (Wildman–Crippen MR) is 48.0 cm³/mol. The summed E-state index contributed by atoms with van der Waals surface area (Å²) in [4.78, 5) is 0.